The lowest BCUT2D eigenvalue weighted by Crippen LogP contribution is -2.08. The van der Waals surface area contributed by atoms with Crippen LogP contribution in [0, 0.1) is 0 Å². The molecule has 0 radical (unpaired) electrons. The largest absolute Gasteiger partial charge is 0.481 e. The standard InChI is InChI=1S/C20H36O4.C18H34O2/c1-3-4-5-12-15-19(22)16-13-10-8-6-7-9-11-14-17-20(23)24-18(2)21;1-2-3-4-5-6-7-8-9-10-11-12-13-14-15-16-17-18(19)20/h10,13,19,22H,3-9,11-12,14-17H2,1-2H3;9-10H,2-8,11-17H2,1H3,(H,19,20)/b13-10-;10-9-/t19-;/m1./s1. The molecular weight excluding hydrogens is 552 g/mol. The minimum atomic E-state index is -0.664. The molecule has 0 bridgehead atoms. The minimum absolute atomic E-state index is 0.187. The summed E-state index contributed by atoms with van der Waals surface area (Å²) in [5, 5.41) is 18.3. The van der Waals surface area contributed by atoms with Gasteiger partial charge in [0.1, 0.15) is 0 Å². The lowest BCUT2D eigenvalue weighted by molar-refractivity contribution is -0.158. The van der Waals surface area contributed by atoms with Crippen molar-refractivity contribution in [2.24, 2.45) is 0 Å². The van der Waals surface area contributed by atoms with E-state index in [9.17, 15) is 19.5 Å². The molecule has 0 amide bonds. The van der Waals surface area contributed by atoms with Gasteiger partial charge in [-0.25, -0.2) is 0 Å². The number of carboxylic acids is 1. The van der Waals surface area contributed by atoms with Gasteiger partial charge >= 0.3 is 17.9 Å². The van der Waals surface area contributed by atoms with Crippen LogP contribution in [0.5, 0.6) is 0 Å². The van der Waals surface area contributed by atoms with Crippen molar-refractivity contribution < 1.29 is 29.3 Å². The first-order chi connectivity index (χ1) is 21.3. The van der Waals surface area contributed by atoms with E-state index in [2.05, 4.69) is 42.9 Å². The molecule has 0 unspecified atom stereocenters. The van der Waals surface area contributed by atoms with E-state index >= 15 is 0 Å². The second-order valence-corrected chi connectivity index (χ2v) is 12.2. The van der Waals surface area contributed by atoms with Crippen LogP contribution in [-0.2, 0) is 19.1 Å². The van der Waals surface area contributed by atoms with Crippen molar-refractivity contribution in [1.29, 1.82) is 0 Å². The zero-order chi connectivity index (χ0) is 32.9. The molecular formula is C38H70O6. The van der Waals surface area contributed by atoms with Gasteiger partial charge in [-0.3, -0.25) is 14.4 Å². The third kappa shape index (κ3) is 42.2. The van der Waals surface area contributed by atoms with Crippen molar-refractivity contribution in [3.63, 3.8) is 0 Å². The van der Waals surface area contributed by atoms with Crippen molar-refractivity contribution >= 4 is 17.9 Å². The van der Waals surface area contributed by atoms with Crippen LogP contribution in [0.25, 0.3) is 0 Å². The molecule has 0 aliphatic carbocycles. The SMILES string of the molecule is CCCCCCCC/C=C\CCCCCCCC(=O)O.CCCCCC[C@@H](O)C/C=C\CCCCCCCC(=O)OC(C)=O. The summed E-state index contributed by atoms with van der Waals surface area (Å²) in [6.07, 6.45) is 38.4. The topological polar surface area (TPSA) is 101 Å². The average molecular weight is 623 g/mol. The van der Waals surface area contributed by atoms with E-state index in [4.69, 9.17) is 5.11 Å². The van der Waals surface area contributed by atoms with Crippen LogP contribution >= 0.6 is 0 Å². The van der Waals surface area contributed by atoms with Gasteiger partial charge in [0.05, 0.1) is 6.10 Å². The monoisotopic (exact) mass is 623 g/mol. The summed E-state index contributed by atoms with van der Waals surface area (Å²) in [5.41, 5.74) is 0. The number of esters is 2. The zero-order valence-electron chi connectivity index (χ0n) is 29.0. The molecule has 1 atom stereocenters. The van der Waals surface area contributed by atoms with Crippen molar-refractivity contribution in [3.05, 3.63) is 24.3 Å². The van der Waals surface area contributed by atoms with Gasteiger partial charge < -0.3 is 14.9 Å². The van der Waals surface area contributed by atoms with Gasteiger partial charge in [0.15, 0.2) is 0 Å². The zero-order valence-corrected chi connectivity index (χ0v) is 29.0. The molecule has 0 aromatic rings. The van der Waals surface area contributed by atoms with Gasteiger partial charge in [0.25, 0.3) is 0 Å². The Labute approximate surface area is 271 Å². The van der Waals surface area contributed by atoms with Gasteiger partial charge in [-0.15, -0.1) is 0 Å². The quantitative estimate of drug-likeness (QED) is 0.0358. The summed E-state index contributed by atoms with van der Waals surface area (Å²) in [4.78, 5) is 32.0. The van der Waals surface area contributed by atoms with E-state index in [1.54, 1.807) is 0 Å². The first-order valence-electron chi connectivity index (χ1n) is 18.2. The molecule has 6 heteroatoms. The highest BCUT2D eigenvalue weighted by Gasteiger charge is 2.05. The Kier molecular flexibility index (Phi) is 37.4. The maximum atomic E-state index is 11.1. The molecule has 44 heavy (non-hydrogen) atoms. The number of unbranched alkanes of at least 4 members (excludes halogenated alkanes) is 19. The van der Waals surface area contributed by atoms with Gasteiger partial charge in [0.2, 0.25) is 0 Å². The Morgan fingerprint density at radius 1 is 0.568 bits per heavy atom. The van der Waals surface area contributed by atoms with Gasteiger partial charge in [0, 0.05) is 19.8 Å². The van der Waals surface area contributed by atoms with E-state index in [0.717, 1.165) is 70.6 Å². The minimum Gasteiger partial charge on any atom is -0.481 e. The number of aliphatic carboxylic acids is 1. The predicted molar refractivity (Wildman–Crippen MR) is 185 cm³/mol. The van der Waals surface area contributed by atoms with Crippen LogP contribution in [0.2, 0.25) is 0 Å². The highest BCUT2D eigenvalue weighted by molar-refractivity contribution is 5.83. The fraction of sp³-hybridized carbons (Fsp3) is 0.816. The Morgan fingerprint density at radius 3 is 1.45 bits per heavy atom. The highest BCUT2D eigenvalue weighted by atomic mass is 16.6. The summed E-state index contributed by atoms with van der Waals surface area (Å²) >= 11 is 0. The number of hydrogen-bond acceptors (Lipinski definition) is 5. The third-order valence-corrected chi connectivity index (χ3v) is 7.63. The third-order valence-electron chi connectivity index (χ3n) is 7.63. The maximum absolute atomic E-state index is 11.1. The summed E-state index contributed by atoms with van der Waals surface area (Å²) in [5.74, 6) is -1.61. The highest BCUT2D eigenvalue weighted by Crippen LogP contribution is 2.12. The predicted octanol–water partition coefficient (Wildman–Crippen LogP) is 11.2. The second kappa shape index (κ2) is 37.2. The van der Waals surface area contributed by atoms with Crippen molar-refractivity contribution in [2.75, 3.05) is 0 Å². The molecule has 0 rings (SSSR count). The number of aliphatic hydroxyl groups is 1. The summed E-state index contributed by atoms with van der Waals surface area (Å²) in [6.45, 7) is 5.70. The van der Waals surface area contributed by atoms with E-state index in [1.807, 2.05) is 0 Å². The molecule has 0 fully saturated rings. The molecule has 0 aromatic carbocycles. The molecule has 6 nitrogen and oxygen atoms in total. The number of hydrogen-bond donors (Lipinski definition) is 2. The fourth-order valence-electron chi connectivity index (χ4n) is 4.92. The number of allylic oxidation sites excluding steroid dienone is 3. The van der Waals surface area contributed by atoms with Crippen molar-refractivity contribution in [2.45, 2.75) is 200 Å². The second-order valence-electron chi connectivity index (χ2n) is 12.2. The summed E-state index contributed by atoms with van der Waals surface area (Å²) < 4.78 is 4.47. The molecule has 0 saturated heterocycles. The number of carbonyl (C=O) groups is 3. The number of aliphatic hydroxyl groups excluding tert-OH is 1. The smallest absolute Gasteiger partial charge is 0.313 e. The Morgan fingerprint density at radius 2 is 0.977 bits per heavy atom. The Balaban J connectivity index is 0. The molecule has 258 valence electrons. The molecule has 0 saturated carbocycles. The van der Waals surface area contributed by atoms with Crippen LogP contribution in [0.1, 0.15) is 194 Å². The van der Waals surface area contributed by atoms with Gasteiger partial charge in [-0.05, 0) is 64.2 Å². The fourth-order valence-corrected chi connectivity index (χ4v) is 4.92. The lowest BCUT2D eigenvalue weighted by Gasteiger charge is -2.07. The van der Waals surface area contributed by atoms with Gasteiger partial charge in [-0.2, -0.15) is 0 Å². The molecule has 2 N–H and O–H groups in total. The van der Waals surface area contributed by atoms with Crippen LogP contribution in [0.4, 0.5) is 0 Å². The molecule has 0 spiro atoms. The Bertz CT molecular complexity index is 699. The molecule has 0 aliphatic heterocycles. The normalized spacial score (nSPS) is 11.9. The number of carbonyl (C=O) groups excluding carboxylic acids is 2. The van der Waals surface area contributed by atoms with E-state index in [1.165, 1.54) is 96.8 Å². The number of ether oxygens (including phenoxy) is 1. The molecule has 0 heterocycles. The van der Waals surface area contributed by atoms with Crippen LogP contribution in [0.15, 0.2) is 24.3 Å². The average Bonchev–Trinajstić information content (AvgIpc) is 2.98. The van der Waals surface area contributed by atoms with E-state index < -0.39 is 17.9 Å². The molecule has 0 aliphatic rings. The Hall–Kier alpha value is -1.95. The van der Waals surface area contributed by atoms with E-state index in [0.29, 0.717) is 12.8 Å². The summed E-state index contributed by atoms with van der Waals surface area (Å²) in [7, 11) is 0. The first kappa shape index (κ1) is 44.2. The maximum Gasteiger partial charge on any atom is 0.313 e. The van der Waals surface area contributed by atoms with E-state index in [-0.39, 0.29) is 6.10 Å². The first-order valence-corrected chi connectivity index (χ1v) is 18.2. The van der Waals surface area contributed by atoms with Crippen molar-refractivity contribution in [3.8, 4) is 0 Å². The van der Waals surface area contributed by atoms with Crippen LogP contribution < -0.4 is 0 Å². The van der Waals surface area contributed by atoms with Crippen molar-refractivity contribution in [1.82, 2.24) is 0 Å². The number of carboxylic acid groups (broad SMARTS) is 1. The van der Waals surface area contributed by atoms with Gasteiger partial charge in [-0.1, -0.05) is 134 Å². The number of rotatable bonds is 30. The van der Waals surface area contributed by atoms with Crippen LogP contribution in [-0.4, -0.2) is 34.2 Å². The molecule has 0 aromatic heterocycles. The summed E-state index contributed by atoms with van der Waals surface area (Å²) in [6, 6.07) is 0. The lowest BCUT2D eigenvalue weighted by atomic mass is 10.1. The van der Waals surface area contributed by atoms with Crippen LogP contribution in [0.3, 0.4) is 0 Å².